The summed E-state index contributed by atoms with van der Waals surface area (Å²) in [6, 6.07) is 3.23. The van der Waals surface area contributed by atoms with E-state index in [2.05, 4.69) is 4.74 Å². The first-order chi connectivity index (χ1) is 10.3. The fourth-order valence-corrected chi connectivity index (χ4v) is 2.44. The number of nitrogens with zero attached hydrogens (tertiary/aromatic N) is 1. The summed E-state index contributed by atoms with van der Waals surface area (Å²) >= 11 is 2.05. The highest BCUT2D eigenvalue weighted by molar-refractivity contribution is 14.1. The average molecular weight is 419 g/mol. The molecule has 0 spiro atoms. The second-order valence-electron chi connectivity index (χ2n) is 4.51. The molecular weight excluding hydrogens is 401 g/mol. The number of ketones is 1. The number of esters is 1. The van der Waals surface area contributed by atoms with Gasteiger partial charge in [0.2, 0.25) is 5.78 Å². The second-order valence-corrected chi connectivity index (χ2v) is 5.68. The smallest absolute Gasteiger partial charge is 0.343 e. The molecule has 0 fully saturated rings. The Bertz CT molecular complexity index is 610. The van der Waals surface area contributed by atoms with E-state index in [4.69, 9.17) is 9.47 Å². The molecule has 7 heteroatoms. The van der Waals surface area contributed by atoms with Crippen molar-refractivity contribution in [1.29, 1.82) is 0 Å². The Hall–Kier alpha value is -1.77. The molecule has 0 bridgehead atoms. The van der Waals surface area contributed by atoms with Crippen molar-refractivity contribution in [2.45, 2.75) is 0 Å². The van der Waals surface area contributed by atoms with Crippen molar-refractivity contribution in [3.63, 3.8) is 0 Å². The van der Waals surface area contributed by atoms with Gasteiger partial charge in [-0.1, -0.05) is 0 Å². The molecule has 1 aromatic carbocycles. The number of benzene rings is 1. The lowest BCUT2D eigenvalue weighted by Gasteiger charge is -2.14. The van der Waals surface area contributed by atoms with Gasteiger partial charge < -0.3 is 19.1 Å². The summed E-state index contributed by atoms with van der Waals surface area (Å²) in [6.07, 6.45) is 1.42. The van der Waals surface area contributed by atoms with Crippen molar-refractivity contribution in [1.82, 2.24) is 4.90 Å². The minimum atomic E-state index is -0.702. The molecule has 0 heterocycles. The van der Waals surface area contributed by atoms with E-state index in [1.807, 2.05) is 22.6 Å². The lowest BCUT2D eigenvalue weighted by molar-refractivity contribution is -0.135. The topological polar surface area (TPSA) is 65.1 Å². The molecule has 1 aromatic rings. The monoisotopic (exact) mass is 419 g/mol. The third kappa shape index (κ3) is 4.12. The van der Waals surface area contributed by atoms with Crippen molar-refractivity contribution >= 4 is 34.3 Å². The molecular formula is C15H18INO5. The minimum Gasteiger partial charge on any atom is -0.496 e. The van der Waals surface area contributed by atoms with Gasteiger partial charge in [-0.3, -0.25) is 4.79 Å². The quantitative estimate of drug-likeness (QED) is 0.176. The summed E-state index contributed by atoms with van der Waals surface area (Å²) in [6.45, 7) is 0. The van der Waals surface area contributed by atoms with Gasteiger partial charge in [-0.05, 0) is 28.7 Å². The number of rotatable bonds is 6. The highest BCUT2D eigenvalue weighted by atomic mass is 127. The minimum absolute atomic E-state index is 0.0771. The lowest BCUT2D eigenvalue weighted by Crippen LogP contribution is -2.19. The van der Waals surface area contributed by atoms with Crippen molar-refractivity contribution in [3.8, 4) is 11.5 Å². The number of ether oxygens (including phenoxy) is 3. The van der Waals surface area contributed by atoms with Gasteiger partial charge in [0, 0.05) is 26.4 Å². The van der Waals surface area contributed by atoms with Gasteiger partial charge in [-0.25, -0.2) is 4.79 Å². The van der Waals surface area contributed by atoms with Gasteiger partial charge in [0.05, 0.1) is 30.5 Å². The second kappa shape index (κ2) is 8.02. The van der Waals surface area contributed by atoms with Gasteiger partial charge in [-0.15, -0.1) is 0 Å². The molecule has 0 saturated heterocycles. The van der Waals surface area contributed by atoms with Crippen LogP contribution in [-0.2, 0) is 9.53 Å². The van der Waals surface area contributed by atoms with E-state index < -0.39 is 11.8 Å². The summed E-state index contributed by atoms with van der Waals surface area (Å²) in [5.74, 6) is -0.259. The fraction of sp³-hybridized carbons (Fsp3) is 0.333. The van der Waals surface area contributed by atoms with Crippen molar-refractivity contribution in [3.05, 3.63) is 33.0 Å². The summed E-state index contributed by atoms with van der Waals surface area (Å²) in [5, 5.41) is 0. The Morgan fingerprint density at radius 2 is 1.68 bits per heavy atom. The van der Waals surface area contributed by atoms with E-state index in [0.29, 0.717) is 11.5 Å². The van der Waals surface area contributed by atoms with Crippen LogP contribution in [0.3, 0.4) is 0 Å². The van der Waals surface area contributed by atoms with Gasteiger partial charge in [0.1, 0.15) is 17.1 Å². The van der Waals surface area contributed by atoms with Crippen molar-refractivity contribution in [2.75, 3.05) is 35.4 Å². The third-order valence-corrected chi connectivity index (χ3v) is 3.60. The van der Waals surface area contributed by atoms with Gasteiger partial charge in [-0.2, -0.15) is 0 Å². The highest BCUT2D eigenvalue weighted by Crippen LogP contribution is 2.31. The molecule has 0 aromatic heterocycles. The van der Waals surface area contributed by atoms with Crippen LogP contribution in [0.15, 0.2) is 23.9 Å². The van der Waals surface area contributed by atoms with Crippen molar-refractivity contribution < 1.29 is 23.8 Å². The number of carbonyl (C=O) groups is 2. The van der Waals surface area contributed by atoms with Crippen LogP contribution in [-0.4, -0.2) is 52.1 Å². The van der Waals surface area contributed by atoms with E-state index in [9.17, 15) is 9.59 Å². The Morgan fingerprint density at radius 3 is 2.14 bits per heavy atom. The van der Waals surface area contributed by atoms with Gasteiger partial charge in [0.15, 0.2) is 0 Å². The van der Waals surface area contributed by atoms with Crippen LogP contribution in [0.4, 0.5) is 0 Å². The zero-order valence-electron chi connectivity index (χ0n) is 13.1. The molecule has 0 N–H and O–H groups in total. The largest absolute Gasteiger partial charge is 0.496 e. The Balaban J connectivity index is 3.42. The Labute approximate surface area is 143 Å². The SMILES string of the molecule is COC(=O)C(=CN(C)C)C(=O)c1cc(I)c(OC)cc1OC. The normalized spacial score (nSPS) is 10.9. The summed E-state index contributed by atoms with van der Waals surface area (Å²) in [5.41, 5.74) is 0.193. The summed E-state index contributed by atoms with van der Waals surface area (Å²) < 4.78 is 15.9. The van der Waals surface area contributed by atoms with E-state index in [1.165, 1.54) is 27.5 Å². The predicted molar refractivity (Wildman–Crippen MR) is 90.4 cm³/mol. The molecule has 22 heavy (non-hydrogen) atoms. The predicted octanol–water partition coefficient (Wildman–Crippen LogP) is 2.11. The molecule has 120 valence electrons. The number of halogens is 1. The fourth-order valence-electron chi connectivity index (χ4n) is 1.75. The average Bonchev–Trinajstić information content (AvgIpc) is 2.50. The van der Waals surface area contributed by atoms with Crippen LogP contribution in [0.2, 0.25) is 0 Å². The van der Waals surface area contributed by atoms with Crippen LogP contribution >= 0.6 is 22.6 Å². The molecule has 0 amide bonds. The Morgan fingerprint density at radius 1 is 1.09 bits per heavy atom. The standard InChI is InChI=1S/C15H18INO5/c1-17(2)8-10(15(19)22-5)14(18)9-6-11(16)13(21-4)7-12(9)20-3/h6-8H,1-5H3. The maximum absolute atomic E-state index is 12.7. The number of methoxy groups -OCH3 is 3. The Kier molecular flexibility index (Phi) is 6.66. The van der Waals surface area contributed by atoms with Gasteiger partial charge >= 0.3 is 5.97 Å². The van der Waals surface area contributed by atoms with E-state index in [0.717, 1.165) is 3.57 Å². The molecule has 0 unspecified atom stereocenters. The number of hydrogen-bond acceptors (Lipinski definition) is 6. The number of Topliss-reactive ketones (excluding diaryl/α,β-unsaturated/α-hetero) is 1. The number of hydrogen-bond donors (Lipinski definition) is 0. The van der Waals surface area contributed by atoms with E-state index in [-0.39, 0.29) is 11.1 Å². The zero-order chi connectivity index (χ0) is 16.9. The first kappa shape index (κ1) is 18.3. The van der Waals surface area contributed by atoms with Gasteiger partial charge in [0.25, 0.3) is 0 Å². The van der Waals surface area contributed by atoms with Crippen LogP contribution in [0.1, 0.15) is 10.4 Å². The molecule has 0 aliphatic rings. The third-order valence-electron chi connectivity index (χ3n) is 2.76. The molecule has 0 aliphatic carbocycles. The highest BCUT2D eigenvalue weighted by Gasteiger charge is 2.25. The zero-order valence-corrected chi connectivity index (χ0v) is 15.3. The maximum atomic E-state index is 12.7. The van der Waals surface area contributed by atoms with Crippen LogP contribution in [0.5, 0.6) is 11.5 Å². The van der Waals surface area contributed by atoms with E-state index >= 15 is 0 Å². The molecule has 6 nitrogen and oxygen atoms in total. The molecule has 0 aliphatic heterocycles. The molecule has 0 radical (unpaired) electrons. The summed E-state index contributed by atoms with van der Waals surface area (Å²) in [4.78, 5) is 26.2. The van der Waals surface area contributed by atoms with Crippen LogP contribution in [0, 0.1) is 3.57 Å². The molecule has 0 saturated carbocycles. The van der Waals surface area contributed by atoms with Crippen LogP contribution < -0.4 is 9.47 Å². The lowest BCUT2D eigenvalue weighted by atomic mass is 10.0. The summed E-state index contributed by atoms with van der Waals surface area (Å²) in [7, 11) is 7.64. The first-order valence-electron chi connectivity index (χ1n) is 6.28. The van der Waals surface area contributed by atoms with Crippen LogP contribution in [0.25, 0.3) is 0 Å². The number of carbonyl (C=O) groups excluding carboxylic acids is 2. The first-order valence-corrected chi connectivity index (χ1v) is 7.36. The van der Waals surface area contributed by atoms with Crippen molar-refractivity contribution in [2.24, 2.45) is 0 Å². The van der Waals surface area contributed by atoms with E-state index in [1.54, 1.807) is 31.1 Å². The maximum Gasteiger partial charge on any atom is 0.343 e. The molecule has 0 atom stereocenters. The molecule has 1 rings (SSSR count).